The van der Waals surface area contributed by atoms with Gasteiger partial charge in [0.1, 0.15) is 5.75 Å². The number of ether oxygens (including phenoxy) is 1. The molecule has 0 saturated carbocycles. The highest BCUT2D eigenvalue weighted by Crippen LogP contribution is 2.22. The minimum Gasteiger partial charge on any atom is -0.496 e. The van der Waals surface area contributed by atoms with E-state index in [0.717, 1.165) is 30.0 Å². The predicted molar refractivity (Wildman–Crippen MR) is 132 cm³/mol. The lowest BCUT2D eigenvalue weighted by Crippen LogP contribution is -2.48. The SMILES string of the molecule is COc1ccccc1C(=O)Nc1ccc(N2CCN(C(=O)/C=C/c3ccccc3)CC2)cc1. The predicted octanol–water partition coefficient (Wildman–Crippen LogP) is 4.31. The van der Waals surface area contributed by atoms with Crippen molar-refractivity contribution in [3.8, 4) is 5.75 Å². The summed E-state index contributed by atoms with van der Waals surface area (Å²) in [5.74, 6) is 0.362. The zero-order valence-corrected chi connectivity index (χ0v) is 18.6. The highest BCUT2D eigenvalue weighted by atomic mass is 16.5. The lowest BCUT2D eigenvalue weighted by Gasteiger charge is -2.35. The Labute approximate surface area is 194 Å². The number of carbonyl (C=O) groups is 2. The van der Waals surface area contributed by atoms with Crippen LogP contribution in [0.5, 0.6) is 5.75 Å². The van der Waals surface area contributed by atoms with Gasteiger partial charge in [-0.15, -0.1) is 0 Å². The molecule has 2 amide bonds. The monoisotopic (exact) mass is 441 g/mol. The second-order valence-corrected chi connectivity index (χ2v) is 7.76. The Hall–Kier alpha value is -4.06. The van der Waals surface area contributed by atoms with Gasteiger partial charge in [-0.05, 0) is 48.0 Å². The Morgan fingerprint density at radius 1 is 0.848 bits per heavy atom. The first-order valence-electron chi connectivity index (χ1n) is 11.0. The third-order valence-corrected chi connectivity index (χ3v) is 5.65. The first-order chi connectivity index (χ1) is 16.1. The van der Waals surface area contributed by atoms with Crippen LogP contribution in [0, 0.1) is 0 Å². The Morgan fingerprint density at radius 2 is 1.52 bits per heavy atom. The number of hydrogen-bond acceptors (Lipinski definition) is 4. The van der Waals surface area contributed by atoms with Crippen molar-refractivity contribution < 1.29 is 14.3 Å². The fourth-order valence-electron chi connectivity index (χ4n) is 3.81. The average Bonchev–Trinajstić information content (AvgIpc) is 2.88. The molecule has 33 heavy (non-hydrogen) atoms. The maximum absolute atomic E-state index is 12.6. The summed E-state index contributed by atoms with van der Waals surface area (Å²) in [7, 11) is 1.55. The fourth-order valence-corrected chi connectivity index (χ4v) is 3.81. The van der Waals surface area contributed by atoms with E-state index in [9.17, 15) is 9.59 Å². The first kappa shape index (κ1) is 22.1. The summed E-state index contributed by atoms with van der Waals surface area (Å²) >= 11 is 0. The number of nitrogens with one attached hydrogen (secondary N) is 1. The van der Waals surface area contributed by atoms with E-state index in [-0.39, 0.29) is 11.8 Å². The minimum absolute atomic E-state index is 0.0351. The summed E-state index contributed by atoms with van der Waals surface area (Å²) < 4.78 is 5.27. The maximum atomic E-state index is 12.6. The van der Waals surface area contributed by atoms with Gasteiger partial charge in [-0.3, -0.25) is 9.59 Å². The van der Waals surface area contributed by atoms with Crippen LogP contribution in [0.2, 0.25) is 0 Å². The van der Waals surface area contributed by atoms with Gasteiger partial charge in [-0.1, -0.05) is 42.5 Å². The van der Waals surface area contributed by atoms with Gasteiger partial charge in [0.05, 0.1) is 12.7 Å². The molecule has 0 aromatic heterocycles. The molecular weight excluding hydrogens is 414 g/mol. The van der Waals surface area contributed by atoms with Crippen LogP contribution < -0.4 is 15.0 Å². The molecule has 0 aliphatic carbocycles. The Balaban J connectivity index is 1.31. The largest absolute Gasteiger partial charge is 0.496 e. The van der Waals surface area contributed by atoms with E-state index in [4.69, 9.17) is 4.74 Å². The van der Waals surface area contributed by atoms with Crippen molar-refractivity contribution in [3.63, 3.8) is 0 Å². The number of rotatable bonds is 6. The van der Waals surface area contributed by atoms with Gasteiger partial charge >= 0.3 is 0 Å². The molecule has 1 aliphatic rings. The molecule has 3 aromatic carbocycles. The molecule has 0 atom stereocenters. The normalized spacial score (nSPS) is 13.7. The van der Waals surface area contributed by atoms with E-state index in [1.807, 2.05) is 77.7 Å². The zero-order valence-electron chi connectivity index (χ0n) is 18.6. The molecule has 1 fully saturated rings. The zero-order chi connectivity index (χ0) is 23.0. The van der Waals surface area contributed by atoms with Gasteiger partial charge in [0, 0.05) is 43.6 Å². The van der Waals surface area contributed by atoms with E-state index >= 15 is 0 Å². The summed E-state index contributed by atoms with van der Waals surface area (Å²) in [6.45, 7) is 2.87. The second-order valence-electron chi connectivity index (χ2n) is 7.76. The van der Waals surface area contributed by atoms with E-state index < -0.39 is 0 Å². The van der Waals surface area contributed by atoms with Crippen LogP contribution in [-0.2, 0) is 4.79 Å². The molecule has 0 unspecified atom stereocenters. The van der Waals surface area contributed by atoms with Crippen LogP contribution in [0.25, 0.3) is 6.08 Å². The molecule has 0 spiro atoms. The average molecular weight is 442 g/mol. The standard InChI is InChI=1S/C27H27N3O3/c1-33-25-10-6-5-9-24(25)27(32)28-22-12-14-23(15-13-22)29-17-19-30(20-18-29)26(31)16-11-21-7-3-2-4-8-21/h2-16H,17-20H2,1H3,(H,28,32)/b16-11+. The topological polar surface area (TPSA) is 61.9 Å². The van der Waals surface area contributed by atoms with Crippen LogP contribution in [0.15, 0.2) is 84.9 Å². The van der Waals surface area contributed by atoms with Gasteiger partial charge in [-0.25, -0.2) is 0 Å². The molecule has 1 aliphatic heterocycles. The number of carbonyl (C=O) groups excluding carboxylic acids is 2. The maximum Gasteiger partial charge on any atom is 0.259 e. The molecule has 6 nitrogen and oxygen atoms in total. The third-order valence-electron chi connectivity index (χ3n) is 5.65. The summed E-state index contributed by atoms with van der Waals surface area (Å²) in [6, 6.07) is 24.7. The van der Waals surface area contributed by atoms with Gasteiger partial charge in [0.25, 0.3) is 5.91 Å². The van der Waals surface area contributed by atoms with Crippen LogP contribution in [-0.4, -0.2) is 50.0 Å². The molecule has 3 aromatic rings. The van der Waals surface area contributed by atoms with Crippen molar-refractivity contribution in [3.05, 3.63) is 96.1 Å². The highest BCUT2D eigenvalue weighted by molar-refractivity contribution is 6.06. The van der Waals surface area contributed by atoms with E-state index in [1.54, 1.807) is 25.3 Å². The lowest BCUT2D eigenvalue weighted by molar-refractivity contribution is -0.126. The quantitative estimate of drug-likeness (QED) is 0.579. The Morgan fingerprint density at radius 3 is 2.21 bits per heavy atom. The van der Waals surface area contributed by atoms with Gasteiger partial charge in [0.2, 0.25) is 5.91 Å². The van der Waals surface area contributed by atoms with E-state index in [2.05, 4.69) is 10.2 Å². The summed E-state index contributed by atoms with van der Waals surface area (Å²) in [4.78, 5) is 29.2. The lowest BCUT2D eigenvalue weighted by atomic mass is 10.1. The summed E-state index contributed by atoms with van der Waals surface area (Å²) in [5, 5.41) is 2.91. The molecule has 1 N–H and O–H groups in total. The molecule has 0 radical (unpaired) electrons. The van der Waals surface area contributed by atoms with Gasteiger partial charge in [-0.2, -0.15) is 0 Å². The van der Waals surface area contributed by atoms with E-state index in [0.29, 0.717) is 24.4 Å². The third kappa shape index (κ3) is 5.60. The number of benzene rings is 3. The molecule has 4 rings (SSSR count). The number of anilines is 2. The van der Waals surface area contributed by atoms with Crippen LogP contribution in [0.4, 0.5) is 11.4 Å². The molecule has 6 heteroatoms. The molecular formula is C27H27N3O3. The smallest absolute Gasteiger partial charge is 0.259 e. The first-order valence-corrected chi connectivity index (χ1v) is 11.0. The second kappa shape index (κ2) is 10.5. The number of para-hydroxylation sites is 1. The van der Waals surface area contributed by atoms with Crippen molar-refractivity contribution in [1.29, 1.82) is 0 Å². The number of hydrogen-bond donors (Lipinski definition) is 1. The summed E-state index contributed by atoms with van der Waals surface area (Å²) in [6.07, 6.45) is 3.50. The molecule has 1 heterocycles. The van der Waals surface area contributed by atoms with Gasteiger partial charge < -0.3 is 19.9 Å². The number of methoxy groups -OCH3 is 1. The van der Waals surface area contributed by atoms with Crippen molar-refractivity contribution in [2.45, 2.75) is 0 Å². The van der Waals surface area contributed by atoms with E-state index in [1.165, 1.54) is 0 Å². The minimum atomic E-state index is -0.212. The number of nitrogens with zero attached hydrogens (tertiary/aromatic N) is 2. The van der Waals surface area contributed by atoms with Gasteiger partial charge in [0.15, 0.2) is 0 Å². The molecule has 0 bridgehead atoms. The molecule has 168 valence electrons. The number of amides is 2. The molecule has 1 saturated heterocycles. The van der Waals surface area contributed by atoms with Crippen LogP contribution in [0.3, 0.4) is 0 Å². The van der Waals surface area contributed by atoms with Crippen LogP contribution in [0.1, 0.15) is 15.9 Å². The Kier molecular flexibility index (Phi) is 7.05. The van der Waals surface area contributed by atoms with Crippen molar-refractivity contribution in [2.75, 3.05) is 43.5 Å². The van der Waals surface area contributed by atoms with Crippen molar-refractivity contribution >= 4 is 29.3 Å². The number of piperazine rings is 1. The van der Waals surface area contributed by atoms with Crippen LogP contribution >= 0.6 is 0 Å². The van der Waals surface area contributed by atoms with Crippen molar-refractivity contribution in [1.82, 2.24) is 4.90 Å². The summed E-state index contributed by atoms with van der Waals surface area (Å²) in [5.41, 5.74) is 3.29. The highest BCUT2D eigenvalue weighted by Gasteiger charge is 2.20. The Bertz CT molecular complexity index is 1120. The van der Waals surface area contributed by atoms with Crippen molar-refractivity contribution in [2.24, 2.45) is 0 Å². The fraction of sp³-hybridized carbons (Fsp3) is 0.185.